The minimum atomic E-state index is -2.73. The maximum Gasteiger partial charge on any atom is 0.151 e. The molecular formula is C11H21NO2S. The molecule has 1 saturated carbocycles. The van der Waals surface area contributed by atoms with Crippen molar-refractivity contribution in [2.75, 3.05) is 11.5 Å². The first-order valence-electron chi connectivity index (χ1n) is 6.03. The van der Waals surface area contributed by atoms with Crippen molar-refractivity contribution in [3.63, 3.8) is 0 Å². The van der Waals surface area contributed by atoms with E-state index in [1.807, 2.05) is 0 Å². The Labute approximate surface area is 92.6 Å². The number of hydrogen-bond donors (Lipinski definition) is 1. The molecule has 3 nitrogen and oxygen atoms in total. The predicted octanol–water partition coefficient (Wildman–Crippen LogP) is 1.34. The van der Waals surface area contributed by atoms with Crippen molar-refractivity contribution < 1.29 is 8.42 Å². The zero-order chi connectivity index (χ0) is 10.9. The second-order valence-corrected chi connectivity index (χ2v) is 7.33. The van der Waals surface area contributed by atoms with Gasteiger partial charge in [-0.1, -0.05) is 12.8 Å². The van der Waals surface area contributed by atoms with Gasteiger partial charge in [-0.15, -0.1) is 0 Å². The summed E-state index contributed by atoms with van der Waals surface area (Å²) in [5.74, 6) is 1.50. The molecular weight excluding hydrogens is 210 g/mol. The van der Waals surface area contributed by atoms with Crippen LogP contribution in [0.2, 0.25) is 0 Å². The Hall–Kier alpha value is -0.0900. The van der Waals surface area contributed by atoms with Gasteiger partial charge in [-0.25, -0.2) is 8.42 Å². The molecule has 1 aliphatic heterocycles. The van der Waals surface area contributed by atoms with Gasteiger partial charge in [-0.3, -0.25) is 0 Å². The van der Waals surface area contributed by atoms with Gasteiger partial charge in [0.15, 0.2) is 9.84 Å². The van der Waals surface area contributed by atoms with E-state index in [0.29, 0.717) is 17.5 Å². The minimum absolute atomic E-state index is 0.214. The van der Waals surface area contributed by atoms with Crippen molar-refractivity contribution >= 4 is 9.84 Å². The maximum absolute atomic E-state index is 11.3. The van der Waals surface area contributed by atoms with E-state index in [1.165, 1.54) is 25.7 Å². The molecule has 0 radical (unpaired) electrons. The van der Waals surface area contributed by atoms with Crippen molar-refractivity contribution in [2.45, 2.75) is 51.1 Å². The topological polar surface area (TPSA) is 46.2 Å². The molecule has 0 aromatic carbocycles. The van der Waals surface area contributed by atoms with Gasteiger partial charge >= 0.3 is 0 Å². The first kappa shape index (κ1) is 11.4. The molecule has 0 spiro atoms. The lowest BCUT2D eigenvalue weighted by Gasteiger charge is -2.23. The lowest BCUT2D eigenvalue weighted by Crippen LogP contribution is -2.40. The molecule has 15 heavy (non-hydrogen) atoms. The molecule has 2 fully saturated rings. The molecule has 1 N–H and O–H groups in total. The summed E-state index contributed by atoms with van der Waals surface area (Å²) in [4.78, 5) is 0. The summed E-state index contributed by atoms with van der Waals surface area (Å²) in [6.07, 6.45) is 6.12. The fraction of sp³-hybridized carbons (Fsp3) is 1.00. The fourth-order valence-electron chi connectivity index (χ4n) is 2.89. The molecule has 1 saturated heterocycles. The summed E-state index contributed by atoms with van der Waals surface area (Å²) in [7, 11) is -2.73. The van der Waals surface area contributed by atoms with Crippen LogP contribution in [-0.4, -0.2) is 32.0 Å². The second-order valence-electron chi connectivity index (χ2n) is 5.10. The van der Waals surface area contributed by atoms with E-state index in [1.54, 1.807) is 0 Å². The Morgan fingerprint density at radius 2 is 1.87 bits per heavy atom. The average Bonchev–Trinajstić information content (AvgIpc) is 2.74. The van der Waals surface area contributed by atoms with Crippen molar-refractivity contribution in [3.05, 3.63) is 0 Å². The molecule has 0 aromatic heterocycles. The lowest BCUT2D eigenvalue weighted by atomic mass is 9.99. The summed E-state index contributed by atoms with van der Waals surface area (Å²) in [5.41, 5.74) is 0. The van der Waals surface area contributed by atoms with Gasteiger partial charge in [0, 0.05) is 12.1 Å². The molecule has 1 heterocycles. The summed E-state index contributed by atoms with van der Waals surface area (Å²) >= 11 is 0. The van der Waals surface area contributed by atoms with Gasteiger partial charge in [-0.2, -0.15) is 0 Å². The van der Waals surface area contributed by atoms with Gasteiger partial charge < -0.3 is 5.32 Å². The quantitative estimate of drug-likeness (QED) is 0.797. The largest absolute Gasteiger partial charge is 0.310 e. The first-order valence-corrected chi connectivity index (χ1v) is 7.85. The van der Waals surface area contributed by atoms with Crippen LogP contribution >= 0.6 is 0 Å². The normalized spacial score (nSPS) is 33.3. The van der Waals surface area contributed by atoms with E-state index in [-0.39, 0.29) is 6.04 Å². The Morgan fingerprint density at radius 3 is 2.40 bits per heavy atom. The molecule has 0 amide bonds. The zero-order valence-corrected chi connectivity index (χ0v) is 10.2. The van der Waals surface area contributed by atoms with Crippen LogP contribution < -0.4 is 5.32 Å². The zero-order valence-electron chi connectivity index (χ0n) is 9.41. The molecule has 1 aliphatic carbocycles. The summed E-state index contributed by atoms with van der Waals surface area (Å²) in [6.45, 7) is 2.21. The number of sulfone groups is 1. The fourth-order valence-corrected chi connectivity index (χ4v) is 4.58. The van der Waals surface area contributed by atoms with Crippen molar-refractivity contribution in [1.82, 2.24) is 5.32 Å². The van der Waals surface area contributed by atoms with Gasteiger partial charge in [-0.05, 0) is 32.1 Å². The molecule has 88 valence electrons. The molecule has 2 aliphatic rings. The number of rotatable bonds is 3. The molecule has 2 atom stereocenters. The monoisotopic (exact) mass is 231 g/mol. The summed E-state index contributed by atoms with van der Waals surface area (Å²) < 4.78 is 22.6. The summed E-state index contributed by atoms with van der Waals surface area (Å²) in [5, 5.41) is 3.50. The maximum atomic E-state index is 11.3. The van der Waals surface area contributed by atoms with Crippen LogP contribution in [0.15, 0.2) is 0 Å². The molecule has 2 rings (SSSR count). The van der Waals surface area contributed by atoms with Crippen LogP contribution in [0.5, 0.6) is 0 Å². The van der Waals surface area contributed by atoms with E-state index < -0.39 is 9.84 Å². The Bertz CT molecular complexity index is 307. The third-order valence-electron chi connectivity index (χ3n) is 3.84. The highest BCUT2D eigenvalue weighted by atomic mass is 32.2. The van der Waals surface area contributed by atoms with E-state index >= 15 is 0 Å². The van der Waals surface area contributed by atoms with Crippen LogP contribution in [0, 0.1) is 5.92 Å². The van der Waals surface area contributed by atoms with Crippen LogP contribution in [0.1, 0.15) is 39.0 Å². The molecule has 0 aromatic rings. The Balaban J connectivity index is 1.82. The highest BCUT2D eigenvalue weighted by Gasteiger charge is 2.30. The highest BCUT2D eigenvalue weighted by Crippen LogP contribution is 2.28. The Kier molecular flexibility index (Phi) is 3.36. The van der Waals surface area contributed by atoms with Gasteiger partial charge in [0.05, 0.1) is 11.5 Å². The van der Waals surface area contributed by atoms with Crippen LogP contribution in [0.25, 0.3) is 0 Å². The third kappa shape index (κ3) is 2.94. The van der Waals surface area contributed by atoms with E-state index in [0.717, 1.165) is 12.3 Å². The lowest BCUT2D eigenvalue weighted by molar-refractivity contribution is 0.351. The van der Waals surface area contributed by atoms with Crippen LogP contribution in [0.3, 0.4) is 0 Å². The minimum Gasteiger partial charge on any atom is -0.310 e. The third-order valence-corrected chi connectivity index (χ3v) is 5.61. The Morgan fingerprint density at radius 1 is 1.20 bits per heavy atom. The van der Waals surface area contributed by atoms with Crippen molar-refractivity contribution in [2.24, 2.45) is 5.92 Å². The van der Waals surface area contributed by atoms with Gasteiger partial charge in [0.1, 0.15) is 0 Å². The molecule has 1 unspecified atom stereocenters. The van der Waals surface area contributed by atoms with Crippen molar-refractivity contribution in [1.29, 1.82) is 0 Å². The standard InChI is InChI=1S/C11H21NO2S/c1-9(10-4-2-3-5-10)12-11-6-7-15(13,14)8-11/h9-12H,2-8H2,1H3/t9-,11?/m0/s1. The molecule has 4 heteroatoms. The van der Waals surface area contributed by atoms with Crippen molar-refractivity contribution in [3.8, 4) is 0 Å². The SMILES string of the molecule is C[C@H](NC1CCS(=O)(=O)C1)C1CCCC1. The van der Waals surface area contributed by atoms with E-state index in [9.17, 15) is 8.42 Å². The van der Waals surface area contributed by atoms with E-state index in [4.69, 9.17) is 0 Å². The number of hydrogen-bond acceptors (Lipinski definition) is 3. The van der Waals surface area contributed by atoms with Crippen LogP contribution in [0.4, 0.5) is 0 Å². The van der Waals surface area contributed by atoms with Gasteiger partial charge in [0.2, 0.25) is 0 Å². The summed E-state index contributed by atoms with van der Waals surface area (Å²) in [6, 6.07) is 0.705. The highest BCUT2D eigenvalue weighted by molar-refractivity contribution is 7.91. The smallest absolute Gasteiger partial charge is 0.151 e. The predicted molar refractivity (Wildman–Crippen MR) is 61.6 cm³/mol. The molecule has 0 bridgehead atoms. The van der Waals surface area contributed by atoms with Gasteiger partial charge in [0.25, 0.3) is 0 Å². The average molecular weight is 231 g/mol. The number of nitrogens with one attached hydrogen (secondary N) is 1. The van der Waals surface area contributed by atoms with Crippen LogP contribution in [-0.2, 0) is 9.84 Å². The first-order chi connectivity index (χ1) is 7.07. The van der Waals surface area contributed by atoms with E-state index in [2.05, 4.69) is 12.2 Å². The second kappa shape index (κ2) is 4.42.